The fourth-order valence-corrected chi connectivity index (χ4v) is 1.61. The van der Waals surface area contributed by atoms with Crippen molar-refractivity contribution >= 4 is 0 Å². The number of hydrogen-bond acceptors (Lipinski definition) is 4. The summed E-state index contributed by atoms with van der Waals surface area (Å²) in [7, 11) is 0. The van der Waals surface area contributed by atoms with Crippen LogP contribution in [0.2, 0.25) is 0 Å². The lowest BCUT2D eigenvalue weighted by Gasteiger charge is -2.07. The van der Waals surface area contributed by atoms with Crippen molar-refractivity contribution in [2.75, 3.05) is 19.8 Å². The first-order valence-corrected chi connectivity index (χ1v) is 7.12. The highest BCUT2D eigenvalue weighted by Gasteiger charge is 2.03. The first kappa shape index (κ1) is 16.1. The maximum absolute atomic E-state index is 5.48. The Morgan fingerprint density at radius 2 is 1.79 bits per heavy atom. The van der Waals surface area contributed by atoms with Crippen LogP contribution in [0.5, 0.6) is 0 Å². The lowest BCUT2D eigenvalue weighted by molar-refractivity contribution is 0.0117. The Morgan fingerprint density at radius 3 is 2.47 bits per heavy atom. The SMILES string of the molecule is CC(C)CCOCCOCn1cc(CC(C)C)nn1. The third-order valence-corrected chi connectivity index (χ3v) is 2.64. The van der Waals surface area contributed by atoms with Gasteiger partial charge in [0.05, 0.1) is 25.1 Å². The molecule has 0 fully saturated rings. The second kappa shape index (κ2) is 9.04. The van der Waals surface area contributed by atoms with Gasteiger partial charge in [-0.3, -0.25) is 0 Å². The largest absolute Gasteiger partial charge is 0.379 e. The molecule has 5 nitrogen and oxygen atoms in total. The second-order valence-electron chi connectivity index (χ2n) is 5.68. The van der Waals surface area contributed by atoms with Crippen molar-refractivity contribution in [3.8, 4) is 0 Å². The van der Waals surface area contributed by atoms with Gasteiger partial charge in [-0.2, -0.15) is 0 Å². The Hall–Kier alpha value is -0.940. The predicted octanol–water partition coefficient (Wildman–Crippen LogP) is 2.51. The molecule has 0 aliphatic carbocycles. The quantitative estimate of drug-likeness (QED) is 0.612. The highest BCUT2D eigenvalue weighted by molar-refractivity contribution is 4.92. The summed E-state index contributed by atoms with van der Waals surface area (Å²) in [6.07, 6.45) is 4.00. The monoisotopic (exact) mass is 269 g/mol. The smallest absolute Gasteiger partial charge is 0.141 e. The summed E-state index contributed by atoms with van der Waals surface area (Å²) in [5.74, 6) is 1.29. The number of aromatic nitrogens is 3. The summed E-state index contributed by atoms with van der Waals surface area (Å²) in [6.45, 7) is 11.2. The van der Waals surface area contributed by atoms with Gasteiger partial charge >= 0.3 is 0 Å². The van der Waals surface area contributed by atoms with Crippen molar-refractivity contribution in [3.63, 3.8) is 0 Å². The van der Waals surface area contributed by atoms with Crippen molar-refractivity contribution in [1.82, 2.24) is 15.0 Å². The summed E-state index contributed by atoms with van der Waals surface area (Å²) in [5, 5.41) is 8.13. The molecule has 1 aromatic heterocycles. The summed E-state index contributed by atoms with van der Waals surface area (Å²) < 4.78 is 12.7. The maximum Gasteiger partial charge on any atom is 0.141 e. The minimum Gasteiger partial charge on any atom is -0.379 e. The van der Waals surface area contributed by atoms with Gasteiger partial charge in [0, 0.05) is 6.61 Å². The highest BCUT2D eigenvalue weighted by Crippen LogP contribution is 2.03. The molecule has 0 saturated heterocycles. The molecular formula is C14H27N3O2. The van der Waals surface area contributed by atoms with Crippen molar-refractivity contribution in [3.05, 3.63) is 11.9 Å². The number of ether oxygens (including phenoxy) is 2. The van der Waals surface area contributed by atoms with Gasteiger partial charge in [-0.15, -0.1) is 5.10 Å². The average molecular weight is 269 g/mol. The Bertz CT molecular complexity index is 337. The third kappa shape index (κ3) is 7.95. The zero-order chi connectivity index (χ0) is 14.1. The zero-order valence-corrected chi connectivity index (χ0v) is 12.6. The fraction of sp³-hybridized carbons (Fsp3) is 0.857. The van der Waals surface area contributed by atoms with Crippen molar-refractivity contribution in [1.29, 1.82) is 0 Å². The Kier molecular flexibility index (Phi) is 7.67. The minimum atomic E-state index is 0.443. The van der Waals surface area contributed by atoms with Crippen LogP contribution in [0, 0.1) is 11.8 Å². The second-order valence-corrected chi connectivity index (χ2v) is 5.68. The van der Waals surface area contributed by atoms with Gasteiger partial charge in [-0.25, -0.2) is 4.68 Å². The van der Waals surface area contributed by atoms with Crippen molar-refractivity contribution < 1.29 is 9.47 Å². The molecule has 5 heteroatoms. The van der Waals surface area contributed by atoms with Crippen LogP contribution in [0.15, 0.2) is 6.20 Å². The molecule has 0 bridgehead atoms. The van der Waals surface area contributed by atoms with E-state index < -0.39 is 0 Å². The number of nitrogens with zero attached hydrogens (tertiary/aromatic N) is 3. The summed E-state index contributed by atoms with van der Waals surface area (Å²) >= 11 is 0. The molecule has 0 unspecified atom stereocenters. The Balaban J connectivity index is 2.04. The van der Waals surface area contributed by atoms with Crippen LogP contribution in [-0.4, -0.2) is 34.8 Å². The van der Waals surface area contributed by atoms with E-state index in [-0.39, 0.29) is 0 Å². The van der Waals surface area contributed by atoms with Gasteiger partial charge in [0.25, 0.3) is 0 Å². The molecule has 19 heavy (non-hydrogen) atoms. The summed E-state index contributed by atoms with van der Waals surface area (Å²) in [6, 6.07) is 0. The van der Waals surface area contributed by atoms with E-state index in [0.717, 1.165) is 25.1 Å². The molecule has 0 aliphatic rings. The van der Waals surface area contributed by atoms with Gasteiger partial charge < -0.3 is 9.47 Å². The van der Waals surface area contributed by atoms with E-state index in [1.54, 1.807) is 4.68 Å². The van der Waals surface area contributed by atoms with Crippen LogP contribution < -0.4 is 0 Å². The summed E-state index contributed by atoms with van der Waals surface area (Å²) in [5.41, 5.74) is 1.02. The fourth-order valence-electron chi connectivity index (χ4n) is 1.61. The molecular weight excluding hydrogens is 242 g/mol. The van der Waals surface area contributed by atoms with E-state index >= 15 is 0 Å². The van der Waals surface area contributed by atoms with Crippen LogP contribution in [0.25, 0.3) is 0 Å². The maximum atomic E-state index is 5.48. The van der Waals surface area contributed by atoms with E-state index in [1.807, 2.05) is 6.20 Å². The van der Waals surface area contributed by atoms with Gasteiger partial charge in [-0.05, 0) is 24.7 Å². The lowest BCUT2D eigenvalue weighted by Crippen LogP contribution is -2.10. The number of rotatable bonds is 10. The topological polar surface area (TPSA) is 49.2 Å². The van der Waals surface area contributed by atoms with Gasteiger partial charge in [0.1, 0.15) is 6.73 Å². The van der Waals surface area contributed by atoms with E-state index in [2.05, 4.69) is 38.0 Å². The van der Waals surface area contributed by atoms with E-state index in [1.165, 1.54) is 0 Å². The number of hydrogen-bond donors (Lipinski definition) is 0. The molecule has 1 aromatic rings. The third-order valence-electron chi connectivity index (χ3n) is 2.64. The van der Waals surface area contributed by atoms with E-state index in [4.69, 9.17) is 9.47 Å². The van der Waals surface area contributed by atoms with Gasteiger partial charge in [-0.1, -0.05) is 32.9 Å². The molecule has 0 spiro atoms. The summed E-state index contributed by atoms with van der Waals surface area (Å²) in [4.78, 5) is 0. The van der Waals surface area contributed by atoms with Gasteiger partial charge in [0.15, 0.2) is 0 Å². The lowest BCUT2D eigenvalue weighted by atomic mass is 10.1. The predicted molar refractivity (Wildman–Crippen MR) is 74.8 cm³/mol. The Morgan fingerprint density at radius 1 is 1.05 bits per heavy atom. The molecule has 0 atom stereocenters. The minimum absolute atomic E-state index is 0.443. The van der Waals surface area contributed by atoms with Crippen LogP contribution in [-0.2, 0) is 22.6 Å². The normalized spacial score (nSPS) is 11.7. The molecule has 0 saturated carbocycles. The average Bonchev–Trinajstić information content (AvgIpc) is 2.74. The molecule has 0 aliphatic heterocycles. The van der Waals surface area contributed by atoms with E-state index in [9.17, 15) is 0 Å². The molecule has 110 valence electrons. The molecule has 1 heterocycles. The molecule has 0 N–H and O–H groups in total. The first-order chi connectivity index (χ1) is 9.08. The highest BCUT2D eigenvalue weighted by atomic mass is 16.5. The van der Waals surface area contributed by atoms with Crippen LogP contribution in [0.3, 0.4) is 0 Å². The van der Waals surface area contributed by atoms with Crippen LogP contribution in [0.1, 0.15) is 39.8 Å². The van der Waals surface area contributed by atoms with Crippen molar-refractivity contribution in [2.24, 2.45) is 11.8 Å². The van der Waals surface area contributed by atoms with Crippen LogP contribution in [0.4, 0.5) is 0 Å². The Labute approximate surface area is 116 Å². The first-order valence-electron chi connectivity index (χ1n) is 7.12. The molecule has 0 aromatic carbocycles. The van der Waals surface area contributed by atoms with Gasteiger partial charge in [0.2, 0.25) is 0 Å². The van der Waals surface area contributed by atoms with Crippen molar-refractivity contribution in [2.45, 2.75) is 47.3 Å². The molecule has 0 radical (unpaired) electrons. The van der Waals surface area contributed by atoms with Crippen LogP contribution >= 0.6 is 0 Å². The molecule has 0 amide bonds. The van der Waals surface area contributed by atoms with E-state index in [0.29, 0.717) is 31.8 Å². The molecule has 1 rings (SSSR count). The zero-order valence-electron chi connectivity index (χ0n) is 12.6. The standard InChI is InChI=1S/C14H27N3O2/c1-12(2)5-6-18-7-8-19-11-17-10-14(15-16-17)9-13(3)4/h10,12-13H,5-9,11H2,1-4H3.